The molecule has 3 heterocycles. The van der Waals surface area contributed by atoms with Crippen molar-refractivity contribution in [1.29, 1.82) is 0 Å². The molecule has 4 rings (SSSR count). The highest BCUT2D eigenvalue weighted by Gasteiger charge is 2.29. The predicted molar refractivity (Wildman–Crippen MR) is 102 cm³/mol. The lowest BCUT2D eigenvalue weighted by molar-refractivity contribution is -0.133. The number of likely N-dealkylation sites (tertiary alicyclic amines) is 1. The molecule has 7 nitrogen and oxygen atoms in total. The molecule has 144 valence electrons. The van der Waals surface area contributed by atoms with E-state index in [0.29, 0.717) is 13.0 Å². The Bertz CT molecular complexity index is 803. The maximum atomic E-state index is 12.7. The Morgan fingerprint density at radius 1 is 1.30 bits per heavy atom. The summed E-state index contributed by atoms with van der Waals surface area (Å²) in [6, 6.07) is 7.90. The molecule has 2 aliphatic rings. The summed E-state index contributed by atoms with van der Waals surface area (Å²) in [4.78, 5) is 14.6. The molecule has 0 radical (unpaired) electrons. The van der Waals surface area contributed by atoms with Crippen LogP contribution in [0.2, 0.25) is 0 Å². The Hall–Kier alpha value is -2.41. The number of fused-ring (bicyclic) bond motifs is 1. The molecule has 27 heavy (non-hydrogen) atoms. The predicted octanol–water partition coefficient (Wildman–Crippen LogP) is 1.86. The number of rotatable bonds is 5. The quantitative estimate of drug-likeness (QED) is 0.871. The van der Waals surface area contributed by atoms with Gasteiger partial charge in [0.15, 0.2) is 0 Å². The summed E-state index contributed by atoms with van der Waals surface area (Å²) in [5.41, 5.74) is 1.09. The maximum Gasteiger partial charge on any atom is 0.226 e. The molecule has 0 saturated carbocycles. The monoisotopic (exact) mass is 369 g/mol. The van der Waals surface area contributed by atoms with Crippen molar-refractivity contribution >= 4 is 5.91 Å². The molecule has 0 spiro atoms. The maximum absolute atomic E-state index is 12.7. The number of ether oxygens (including phenoxy) is 1. The fourth-order valence-electron chi connectivity index (χ4n) is 3.96. The van der Waals surface area contributed by atoms with Crippen molar-refractivity contribution in [1.82, 2.24) is 25.0 Å². The number of nitrogens with zero attached hydrogens (tertiary/aromatic N) is 4. The van der Waals surface area contributed by atoms with E-state index in [2.05, 4.69) is 20.1 Å². The number of hydrogen-bond acceptors (Lipinski definition) is 5. The molecule has 1 aromatic carbocycles. The van der Waals surface area contributed by atoms with Gasteiger partial charge in [-0.25, -0.2) is 0 Å². The van der Waals surface area contributed by atoms with Crippen molar-refractivity contribution in [3.8, 4) is 5.75 Å². The van der Waals surface area contributed by atoms with Gasteiger partial charge in [0.1, 0.15) is 17.4 Å². The number of amides is 1. The van der Waals surface area contributed by atoms with Crippen LogP contribution in [0.4, 0.5) is 0 Å². The number of carbonyl (C=O) groups is 1. The largest absolute Gasteiger partial charge is 0.493 e. The van der Waals surface area contributed by atoms with E-state index in [0.717, 1.165) is 68.5 Å². The van der Waals surface area contributed by atoms with Crippen LogP contribution in [0.5, 0.6) is 5.75 Å². The minimum absolute atomic E-state index is 0.160. The molecular formula is C20H27N5O2. The first-order chi connectivity index (χ1) is 13.2. The average Bonchev–Trinajstić information content (AvgIpc) is 3.14. The van der Waals surface area contributed by atoms with Crippen molar-refractivity contribution in [3.05, 3.63) is 41.5 Å². The van der Waals surface area contributed by atoms with E-state index in [4.69, 9.17) is 4.74 Å². The van der Waals surface area contributed by atoms with Crippen LogP contribution in [0.3, 0.4) is 0 Å². The molecule has 1 N–H and O–H groups in total. The highest BCUT2D eigenvalue weighted by Crippen LogP contribution is 2.27. The fraction of sp³-hybridized carbons (Fsp3) is 0.550. The van der Waals surface area contributed by atoms with E-state index in [1.54, 1.807) is 0 Å². The SMILES string of the molecule is Cc1ccccc1OCCC(=O)N1CCC[C@@H](c2nnc3n2CCNC3)C1. The van der Waals surface area contributed by atoms with E-state index in [-0.39, 0.29) is 11.8 Å². The van der Waals surface area contributed by atoms with Gasteiger partial charge in [-0.3, -0.25) is 4.79 Å². The molecular weight excluding hydrogens is 342 g/mol. The summed E-state index contributed by atoms with van der Waals surface area (Å²) in [5.74, 6) is 3.34. The molecule has 1 aromatic heterocycles. The number of hydrogen-bond donors (Lipinski definition) is 1. The Morgan fingerprint density at radius 2 is 2.19 bits per heavy atom. The lowest BCUT2D eigenvalue weighted by Gasteiger charge is -2.33. The average molecular weight is 369 g/mol. The van der Waals surface area contributed by atoms with E-state index in [1.165, 1.54) is 0 Å². The van der Waals surface area contributed by atoms with Crippen LogP contribution in [-0.2, 0) is 17.9 Å². The highest BCUT2D eigenvalue weighted by atomic mass is 16.5. The van der Waals surface area contributed by atoms with Crippen LogP contribution in [0, 0.1) is 6.92 Å². The molecule has 0 unspecified atom stereocenters. The second-order valence-corrected chi connectivity index (χ2v) is 7.35. The molecule has 1 fully saturated rings. The molecule has 0 aliphatic carbocycles. The summed E-state index contributed by atoms with van der Waals surface area (Å²) in [6.07, 6.45) is 2.48. The summed E-state index contributed by atoms with van der Waals surface area (Å²) >= 11 is 0. The van der Waals surface area contributed by atoms with E-state index in [1.807, 2.05) is 36.1 Å². The van der Waals surface area contributed by atoms with Crippen LogP contribution < -0.4 is 10.1 Å². The smallest absolute Gasteiger partial charge is 0.226 e. The third-order valence-corrected chi connectivity index (χ3v) is 5.46. The van der Waals surface area contributed by atoms with Crippen molar-refractivity contribution in [2.24, 2.45) is 0 Å². The molecule has 7 heteroatoms. The number of aromatic nitrogens is 3. The van der Waals surface area contributed by atoms with Crippen molar-refractivity contribution < 1.29 is 9.53 Å². The summed E-state index contributed by atoms with van der Waals surface area (Å²) in [5, 5.41) is 12.1. The van der Waals surface area contributed by atoms with Crippen molar-refractivity contribution in [2.75, 3.05) is 26.2 Å². The normalized spacial score (nSPS) is 19.6. The first kappa shape index (κ1) is 18.0. The second kappa shape index (κ2) is 8.08. The van der Waals surface area contributed by atoms with Crippen LogP contribution in [-0.4, -0.2) is 51.8 Å². The van der Waals surface area contributed by atoms with E-state index < -0.39 is 0 Å². The number of nitrogens with one attached hydrogen (secondary N) is 1. The zero-order valence-electron chi connectivity index (χ0n) is 15.9. The third kappa shape index (κ3) is 3.98. The van der Waals surface area contributed by atoms with Gasteiger partial charge in [0.2, 0.25) is 5.91 Å². The Kier molecular flexibility index (Phi) is 5.38. The summed E-state index contributed by atoms with van der Waals surface area (Å²) < 4.78 is 8.02. The van der Waals surface area contributed by atoms with Gasteiger partial charge in [0.05, 0.1) is 19.6 Å². The third-order valence-electron chi connectivity index (χ3n) is 5.46. The second-order valence-electron chi connectivity index (χ2n) is 7.35. The Labute approximate surface area is 159 Å². The number of para-hydroxylation sites is 1. The van der Waals surface area contributed by atoms with Gasteiger partial charge < -0.3 is 19.5 Å². The van der Waals surface area contributed by atoms with Gasteiger partial charge in [-0.2, -0.15) is 0 Å². The molecule has 1 saturated heterocycles. The summed E-state index contributed by atoms with van der Waals surface area (Å²) in [7, 11) is 0. The molecule has 2 aliphatic heterocycles. The molecule has 0 bridgehead atoms. The number of benzene rings is 1. The van der Waals surface area contributed by atoms with Crippen LogP contribution in [0.25, 0.3) is 0 Å². The molecule has 1 atom stereocenters. The zero-order chi connectivity index (χ0) is 18.6. The van der Waals surface area contributed by atoms with E-state index in [9.17, 15) is 4.79 Å². The molecule has 2 aromatic rings. The Balaban J connectivity index is 1.33. The first-order valence-corrected chi connectivity index (χ1v) is 9.81. The number of piperidine rings is 1. The van der Waals surface area contributed by atoms with Crippen LogP contribution >= 0.6 is 0 Å². The molecule has 1 amide bonds. The van der Waals surface area contributed by atoms with Crippen LogP contribution in [0.1, 0.15) is 42.4 Å². The van der Waals surface area contributed by atoms with Crippen molar-refractivity contribution in [3.63, 3.8) is 0 Å². The van der Waals surface area contributed by atoms with E-state index >= 15 is 0 Å². The van der Waals surface area contributed by atoms with Gasteiger partial charge in [0, 0.05) is 32.1 Å². The number of aryl methyl sites for hydroxylation is 1. The van der Waals surface area contributed by atoms with Gasteiger partial charge in [-0.05, 0) is 31.4 Å². The topological polar surface area (TPSA) is 72.3 Å². The minimum atomic E-state index is 0.160. The first-order valence-electron chi connectivity index (χ1n) is 9.81. The minimum Gasteiger partial charge on any atom is -0.493 e. The van der Waals surface area contributed by atoms with Gasteiger partial charge >= 0.3 is 0 Å². The number of carbonyl (C=O) groups excluding carboxylic acids is 1. The van der Waals surface area contributed by atoms with Crippen molar-refractivity contribution in [2.45, 2.75) is 45.2 Å². The summed E-state index contributed by atoms with van der Waals surface area (Å²) in [6.45, 7) is 6.61. The van der Waals surface area contributed by atoms with Gasteiger partial charge in [0.25, 0.3) is 0 Å². The lowest BCUT2D eigenvalue weighted by Crippen LogP contribution is -2.40. The Morgan fingerprint density at radius 3 is 3.07 bits per heavy atom. The van der Waals surface area contributed by atoms with Gasteiger partial charge in [-0.1, -0.05) is 18.2 Å². The highest BCUT2D eigenvalue weighted by molar-refractivity contribution is 5.76. The fourth-order valence-corrected chi connectivity index (χ4v) is 3.96. The zero-order valence-corrected chi connectivity index (χ0v) is 15.9. The van der Waals surface area contributed by atoms with Gasteiger partial charge in [-0.15, -0.1) is 10.2 Å². The standard InChI is InChI=1S/C20H27N5O2/c1-15-5-2-3-7-17(15)27-12-8-19(26)24-10-4-6-16(14-24)20-23-22-18-13-21-9-11-25(18)20/h2-3,5,7,16,21H,4,6,8-14H2,1H3/t16-/m1/s1. The van der Waals surface area contributed by atoms with Crippen LogP contribution in [0.15, 0.2) is 24.3 Å². The lowest BCUT2D eigenvalue weighted by atomic mass is 9.96.